The summed E-state index contributed by atoms with van der Waals surface area (Å²) in [7, 11) is 0. The van der Waals surface area contributed by atoms with Gasteiger partial charge in [0.2, 0.25) is 11.1 Å². The molecule has 1 N–H and O–H groups in total. The fraction of sp³-hybridized carbons (Fsp3) is 0.556. The summed E-state index contributed by atoms with van der Waals surface area (Å²) >= 11 is 7.36. The Labute approximate surface area is 108 Å². The van der Waals surface area contributed by atoms with Crippen molar-refractivity contribution in [2.24, 2.45) is 0 Å². The van der Waals surface area contributed by atoms with E-state index < -0.39 is 4.92 Å². The highest BCUT2D eigenvalue weighted by Crippen LogP contribution is 2.23. The lowest BCUT2D eigenvalue weighted by molar-refractivity contribution is -0.384. The molecule has 0 radical (unpaired) electrons. The van der Waals surface area contributed by atoms with Crippen LogP contribution in [0.15, 0.2) is 6.20 Å². The van der Waals surface area contributed by atoms with Crippen LogP contribution in [-0.4, -0.2) is 32.4 Å². The number of nitrogens with one attached hydrogen (secondary N) is 1. The number of rotatable bonds is 6. The first-order valence-electron chi connectivity index (χ1n) is 5.05. The average Bonchev–Trinajstić information content (AvgIpc) is 2.26. The molecule has 6 nitrogen and oxygen atoms in total. The summed E-state index contributed by atoms with van der Waals surface area (Å²) in [4.78, 5) is 17.7. The molecule has 1 aromatic rings. The summed E-state index contributed by atoms with van der Waals surface area (Å²) in [6.45, 7) is 3.99. The average molecular weight is 277 g/mol. The van der Waals surface area contributed by atoms with E-state index in [1.807, 2.05) is 6.92 Å². The number of hydrogen-bond acceptors (Lipinski definition) is 6. The predicted octanol–water partition coefficient (Wildman–Crippen LogP) is 2.59. The standard InChI is InChI=1S/C9H13ClN4O2S/c1-3-17-5-6(2)12-8-7(14(15)16)4-11-9(10)13-8/h4,6H,3,5H2,1-2H3,(H,11,12,13). The van der Waals surface area contributed by atoms with Crippen LogP contribution in [0, 0.1) is 10.1 Å². The molecule has 1 atom stereocenters. The Kier molecular flexibility index (Phi) is 5.43. The van der Waals surface area contributed by atoms with E-state index in [9.17, 15) is 10.1 Å². The van der Waals surface area contributed by atoms with E-state index in [0.29, 0.717) is 0 Å². The number of nitrogens with zero attached hydrogens (tertiary/aromatic N) is 3. The van der Waals surface area contributed by atoms with Crippen molar-refractivity contribution in [2.45, 2.75) is 19.9 Å². The molecule has 1 rings (SSSR count). The van der Waals surface area contributed by atoms with Crippen LogP contribution in [-0.2, 0) is 0 Å². The molecule has 17 heavy (non-hydrogen) atoms. The molecule has 0 amide bonds. The van der Waals surface area contributed by atoms with Gasteiger partial charge in [0.15, 0.2) is 0 Å². The van der Waals surface area contributed by atoms with Gasteiger partial charge in [-0.15, -0.1) is 0 Å². The van der Waals surface area contributed by atoms with E-state index in [0.717, 1.165) is 17.7 Å². The van der Waals surface area contributed by atoms with Crippen molar-refractivity contribution in [1.29, 1.82) is 0 Å². The molecule has 8 heteroatoms. The van der Waals surface area contributed by atoms with Gasteiger partial charge in [0, 0.05) is 11.8 Å². The number of anilines is 1. The molecular weight excluding hydrogens is 264 g/mol. The van der Waals surface area contributed by atoms with E-state index >= 15 is 0 Å². The molecular formula is C9H13ClN4O2S. The third kappa shape index (κ3) is 4.35. The zero-order chi connectivity index (χ0) is 12.8. The Morgan fingerprint density at radius 2 is 2.41 bits per heavy atom. The van der Waals surface area contributed by atoms with Gasteiger partial charge in [-0.2, -0.15) is 16.7 Å². The monoisotopic (exact) mass is 276 g/mol. The number of hydrogen-bond donors (Lipinski definition) is 1. The van der Waals surface area contributed by atoms with E-state index in [-0.39, 0.29) is 22.8 Å². The molecule has 0 aliphatic carbocycles. The summed E-state index contributed by atoms with van der Waals surface area (Å²) in [5.41, 5.74) is -0.164. The molecule has 1 aromatic heterocycles. The van der Waals surface area contributed by atoms with Crippen molar-refractivity contribution in [3.8, 4) is 0 Å². The summed E-state index contributed by atoms with van der Waals surface area (Å²) in [6, 6.07) is 0.0737. The minimum Gasteiger partial charge on any atom is -0.361 e. The maximum atomic E-state index is 10.8. The number of thioether (sulfide) groups is 1. The van der Waals surface area contributed by atoms with Crippen LogP contribution >= 0.6 is 23.4 Å². The first kappa shape index (κ1) is 14.0. The lowest BCUT2D eigenvalue weighted by Gasteiger charge is -2.13. The van der Waals surface area contributed by atoms with Gasteiger partial charge in [-0.1, -0.05) is 6.92 Å². The zero-order valence-electron chi connectivity index (χ0n) is 9.51. The first-order valence-corrected chi connectivity index (χ1v) is 6.59. The van der Waals surface area contributed by atoms with Crippen molar-refractivity contribution in [3.05, 3.63) is 21.6 Å². The fourth-order valence-corrected chi connectivity index (χ4v) is 1.97. The molecule has 0 aromatic carbocycles. The molecule has 0 spiro atoms. The second-order valence-electron chi connectivity index (χ2n) is 3.33. The van der Waals surface area contributed by atoms with E-state index in [2.05, 4.69) is 22.2 Å². The Hall–Kier alpha value is -1.08. The van der Waals surface area contributed by atoms with E-state index in [1.165, 1.54) is 0 Å². The van der Waals surface area contributed by atoms with Crippen molar-refractivity contribution in [2.75, 3.05) is 16.8 Å². The van der Waals surface area contributed by atoms with Crippen molar-refractivity contribution >= 4 is 34.9 Å². The van der Waals surface area contributed by atoms with E-state index in [1.54, 1.807) is 11.8 Å². The van der Waals surface area contributed by atoms with Crippen molar-refractivity contribution in [3.63, 3.8) is 0 Å². The maximum absolute atomic E-state index is 10.8. The third-order valence-corrected chi connectivity index (χ3v) is 3.22. The Bertz CT molecular complexity index is 405. The van der Waals surface area contributed by atoms with Gasteiger partial charge in [-0.25, -0.2) is 4.98 Å². The second kappa shape index (κ2) is 6.61. The SMILES string of the molecule is CCSCC(C)Nc1nc(Cl)ncc1[N+](=O)[O-]. The number of nitro groups is 1. The lowest BCUT2D eigenvalue weighted by Crippen LogP contribution is -2.20. The van der Waals surface area contributed by atoms with Gasteiger partial charge in [0.25, 0.3) is 0 Å². The molecule has 0 aliphatic heterocycles. The third-order valence-electron chi connectivity index (χ3n) is 1.89. The first-order chi connectivity index (χ1) is 8.04. The largest absolute Gasteiger partial charge is 0.361 e. The lowest BCUT2D eigenvalue weighted by atomic mass is 10.3. The molecule has 0 bridgehead atoms. The summed E-state index contributed by atoms with van der Waals surface area (Å²) in [5.74, 6) is 2.01. The summed E-state index contributed by atoms with van der Waals surface area (Å²) in [6.07, 6.45) is 1.11. The Morgan fingerprint density at radius 3 is 3.00 bits per heavy atom. The van der Waals surface area contributed by atoms with Gasteiger partial charge in [0.05, 0.1) is 4.92 Å². The molecule has 0 saturated heterocycles. The van der Waals surface area contributed by atoms with Gasteiger partial charge in [-0.3, -0.25) is 10.1 Å². The summed E-state index contributed by atoms with van der Waals surface area (Å²) < 4.78 is 0. The van der Waals surface area contributed by atoms with Crippen molar-refractivity contribution < 1.29 is 4.92 Å². The molecule has 0 fully saturated rings. The smallest absolute Gasteiger partial charge is 0.329 e. The normalized spacial score (nSPS) is 12.2. The Morgan fingerprint density at radius 1 is 1.71 bits per heavy atom. The van der Waals surface area contributed by atoms with Crippen LogP contribution in [0.1, 0.15) is 13.8 Å². The summed E-state index contributed by atoms with van der Waals surface area (Å²) in [5, 5.41) is 13.7. The minimum absolute atomic E-state index is 0.00607. The topological polar surface area (TPSA) is 81.0 Å². The van der Waals surface area contributed by atoms with Crippen LogP contribution in [0.5, 0.6) is 0 Å². The highest BCUT2D eigenvalue weighted by molar-refractivity contribution is 7.99. The molecule has 1 heterocycles. The van der Waals surface area contributed by atoms with Gasteiger partial charge in [-0.05, 0) is 24.3 Å². The van der Waals surface area contributed by atoms with Crippen LogP contribution in [0.4, 0.5) is 11.5 Å². The fourth-order valence-electron chi connectivity index (χ4n) is 1.16. The van der Waals surface area contributed by atoms with Crippen LogP contribution in [0.3, 0.4) is 0 Å². The van der Waals surface area contributed by atoms with Crippen molar-refractivity contribution in [1.82, 2.24) is 9.97 Å². The number of aromatic nitrogens is 2. The van der Waals surface area contributed by atoms with Gasteiger partial charge in [0.1, 0.15) is 6.20 Å². The van der Waals surface area contributed by atoms with Crippen LogP contribution < -0.4 is 5.32 Å². The van der Waals surface area contributed by atoms with Gasteiger partial charge >= 0.3 is 5.69 Å². The van der Waals surface area contributed by atoms with Crippen LogP contribution in [0.2, 0.25) is 5.28 Å². The molecule has 0 saturated carbocycles. The minimum atomic E-state index is -0.529. The zero-order valence-corrected chi connectivity index (χ0v) is 11.1. The second-order valence-corrected chi connectivity index (χ2v) is 4.99. The molecule has 1 unspecified atom stereocenters. The maximum Gasteiger partial charge on any atom is 0.329 e. The molecule has 94 valence electrons. The quantitative estimate of drug-likeness (QED) is 0.489. The highest BCUT2D eigenvalue weighted by atomic mass is 35.5. The molecule has 0 aliphatic rings. The number of halogens is 1. The van der Waals surface area contributed by atoms with Crippen LogP contribution in [0.25, 0.3) is 0 Å². The Balaban J connectivity index is 2.81. The van der Waals surface area contributed by atoms with E-state index in [4.69, 9.17) is 11.6 Å². The predicted molar refractivity (Wildman–Crippen MR) is 69.8 cm³/mol. The van der Waals surface area contributed by atoms with Gasteiger partial charge < -0.3 is 5.32 Å². The highest BCUT2D eigenvalue weighted by Gasteiger charge is 2.18.